The lowest BCUT2D eigenvalue weighted by atomic mass is 10.1. The van der Waals surface area contributed by atoms with Crippen LogP contribution in [0.2, 0.25) is 0 Å². The van der Waals surface area contributed by atoms with E-state index in [4.69, 9.17) is 5.11 Å². The molecule has 3 N–H and O–H groups in total. The highest BCUT2D eigenvalue weighted by Gasteiger charge is 2.05. The standard InChI is InChI=1S/C22H18N2O4S/c25-20(11-12-22(27)28)23-17-7-9-19(10-8-17)29-14-21(26)24-18-6-5-15-3-1-2-4-16(15)13-18/h1-13H,14H2,(H,23,25)(H,24,26)(H,27,28)/b12-11+. The Hall–Kier alpha value is -3.58. The molecule has 0 fully saturated rings. The number of aliphatic carboxylic acids is 1. The van der Waals surface area contributed by atoms with Crippen LogP contribution in [0.15, 0.2) is 83.8 Å². The van der Waals surface area contributed by atoms with Crippen molar-refractivity contribution in [2.75, 3.05) is 16.4 Å². The molecule has 29 heavy (non-hydrogen) atoms. The van der Waals surface area contributed by atoms with E-state index in [1.807, 2.05) is 42.5 Å². The Morgan fingerprint density at radius 3 is 2.24 bits per heavy atom. The van der Waals surface area contributed by atoms with Crippen LogP contribution in [0.4, 0.5) is 11.4 Å². The highest BCUT2D eigenvalue weighted by Crippen LogP contribution is 2.22. The number of hydrogen-bond donors (Lipinski definition) is 3. The molecule has 7 heteroatoms. The van der Waals surface area contributed by atoms with E-state index in [1.54, 1.807) is 24.3 Å². The summed E-state index contributed by atoms with van der Waals surface area (Å²) in [5.41, 5.74) is 1.29. The minimum atomic E-state index is -1.19. The fourth-order valence-electron chi connectivity index (χ4n) is 2.58. The summed E-state index contributed by atoms with van der Waals surface area (Å²) in [7, 11) is 0. The van der Waals surface area contributed by atoms with Gasteiger partial charge in [-0.3, -0.25) is 9.59 Å². The van der Waals surface area contributed by atoms with Gasteiger partial charge in [-0.05, 0) is 47.2 Å². The zero-order valence-corrected chi connectivity index (χ0v) is 16.1. The van der Waals surface area contributed by atoms with Crippen molar-refractivity contribution in [3.8, 4) is 0 Å². The number of carboxylic acid groups (broad SMARTS) is 1. The normalized spacial score (nSPS) is 10.8. The SMILES string of the molecule is O=C(O)/C=C/C(=O)Nc1ccc(SCC(=O)Nc2ccc3ccccc3c2)cc1. The maximum Gasteiger partial charge on any atom is 0.328 e. The van der Waals surface area contributed by atoms with Gasteiger partial charge in [-0.2, -0.15) is 0 Å². The van der Waals surface area contributed by atoms with Crippen molar-refractivity contribution < 1.29 is 19.5 Å². The van der Waals surface area contributed by atoms with Gasteiger partial charge in [0.25, 0.3) is 0 Å². The topological polar surface area (TPSA) is 95.5 Å². The molecule has 0 bridgehead atoms. The lowest BCUT2D eigenvalue weighted by Crippen LogP contribution is -2.13. The third-order valence-corrected chi connectivity index (χ3v) is 4.91. The number of nitrogens with one attached hydrogen (secondary N) is 2. The lowest BCUT2D eigenvalue weighted by molar-refractivity contribution is -0.131. The summed E-state index contributed by atoms with van der Waals surface area (Å²) < 4.78 is 0. The van der Waals surface area contributed by atoms with Gasteiger partial charge in [0.15, 0.2) is 0 Å². The fraction of sp³-hybridized carbons (Fsp3) is 0.0455. The van der Waals surface area contributed by atoms with Crippen LogP contribution < -0.4 is 10.6 Å². The molecule has 3 rings (SSSR count). The number of amides is 2. The van der Waals surface area contributed by atoms with E-state index in [9.17, 15) is 14.4 Å². The molecule has 146 valence electrons. The first-order valence-electron chi connectivity index (χ1n) is 8.73. The summed E-state index contributed by atoms with van der Waals surface area (Å²) in [4.78, 5) is 35.0. The highest BCUT2D eigenvalue weighted by molar-refractivity contribution is 8.00. The maximum atomic E-state index is 12.2. The summed E-state index contributed by atoms with van der Waals surface area (Å²) in [5, 5.41) is 16.1. The van der Waals surface area contributed by atoms with Crippen LogP contribution in [-0.2, 0) is 14.4 Å². The number of benzene rings is 3. The van der Waals surface area contributed by atoms with Crippen LogP contribution >= 0.6 is 11.8 Å². The predicted molar refractivity (Wildman–Crippen MR) is 115 cm³/mol. The number of thioether (sulfide) groups is 1. The van der Waals surface area contributed by atoms with E-state index in [-0.39, 0.29) is 11.7 Å². The Labute approximate surface area is 171 Å². The van der Waals surface area contributed by atoms with Gasteiger partial charge in [0, 0.05) is 28.4 Å². The minimum Gasteiger partial charge on any atom is -0.478 e. The van der Waals surface area contributed by atoms with Crippen molar-refractivity contribution in [2.45, 2.75) is 4.90 Å². The molecule has 0 aliphatic heterocycles. The first-order valence-corrected chi connectivity index (χ1v) is 9.72. The molecule has 6 nitrogen and oxygen atoms in total. The third kappa shape index (κ3) is 6.22. The van der Waals surface area contributed by atoms with E-state index in [1.165, 1.54) is 11.8 Å². The second kappa shape index (κ2) is 9.57. The van der Waals surface area contributed by atoms with Crippen LogP contribution in [-0.4, -0.2) is 28.6 Å². The molecule has 0 atom stereocenters. The number of anilines is 2. The number of rotatable bonds is 7. The number of hydrogen-bond acceptors (Lipinski definition) is 4. The summed E-state index contributed by atoms with van der Waals surface area (Å²) in [5.74, 6) is -1.57. The van der Waals surface area contributed by atoms with E-state index < -0.39 is 11.9 Å². The van der Waals surface area contributed by atoms with Crippen LogP contribution in [0.1, 0.15) is 0 Å². The molecule has 0 aromatic heterocycles. The summed E-state index contributed by atoms with van der Waals surface area (Å²) in [6, 6.07) is 20.7. The first kappa shape index (κ1) is 20.2. The van der Waals surface area contributed by atoms with Crippen molar-refractivity contribution in [1.82, 2.24) is 0 Å². The average Bonchev–Trinajstić information content (AvgIpc) is 2.72. The molecule has 0 saturated carbocycles. The summed E-state index contributed by atoms with van der Waals surface area (Å²) in [6.45, 7) is 0. The van der Waals surface area contributed by atoms with E-state index in [0.717, 1.165) is 33.5 Å². The van der Waals surface area contributed by atoms with E-state index >= 15 is 0 Å². The minimum absolute atomic E-state index is 0.110. The molecule has 0 unspecified atom stereocenters. The van der Waals surface area contributed by atoms with Crippen molar-refractivity contribution in [3.63, 3.8) is 0 Å². The largest absolute Gasteiger partial charge is 0.478 e. The molecule has 0 saturated heterocycles. The molecule has 0 aliphatic carbocycles. The Bertz CT molecular complexity index is 1080. The van der Waals surface area contributed by atoms with Crippen LogP contribution in [0, 0.1) is 0 Å². The smallest absolute Gasteiger partial charge is 0.328 e. The molecule has 0 radical (unpaired) electrons. The van der Waals surface area contributed by atoms with Gasteiger partial charge in [0.2, 0.25) is 11.8 Å². The molecule has 0 heterocycles. The fourth-order valence-corrected chi connectivity index (χ4v) is 3.28. The van der Waals surface area contributed by atoms with Gasteiger partial charge in [0.1, 0.15) is 0 Å². The lowest BCUT2D eigenvalue weighted by Gasteiger charge is -2.07. The summed E-state index contributed by atoms with van der Waals surface area (Å²) >= 11 is 1.38. The van der Waals surface area contributed by atoms with E-state index in [0.29, 0.717) is 5.69 Å². The average molecular weight is 406 g/mol. The van der Waals surface area contributed by atoms with Crippen molar-refractivity contribution in [1.29, 1.82) is 0 Å². The first-order chi connectivity index (χ1) is 14.0. The van der Waals surface area contributed by atoms with Crippen molar-refractivity contribution >= 4 is 51.7 Å². The predicted octanol–water partition coefficient (Wildman–Crippen LogP) is 4.15. The monoisotopic (exact) mass is 406 g/mol. The molecular weight excluding hydrogens is 388 g/mol. The van der Waals surface area contributed by atoms with Gasteiger partial charge in [-0.15, -0.1) is 11.8 Å². The Morgan fingerprint density at radius 2 is 1.52 bits per heavy atom. The summed E-state index contributed by atoms with van der Waals surface area (Å²) in [6.07, 6.45) is 1.72. The zero-order chi connectivity index (χ0) is 20.6. The van der Waals surface area contributed by atoms with Gasteiger partial charge in [-0.25, -0.2) is 4.79 Å². The van der Waals surface area contributed by atoms with Gasteiger partial charge >= 0.3 is 5.97 Å². The Balaban J connectivity index is 1.50. The van der Waals surface area contributed by atoms with Gasteiger partial charge in [-0.1, -0.05) is 30.3 Å². The maximum absolute atomic E-state index is 12.2. The van der Waals surface area contributed by atoms with Crippen LogP contribution in [0.5, 0.6) is 0 Å². The molecule has 3 aromatic carbocycles. The van der Waals surface area contributed by atoms with Crippen LogP contribution in [0.25, 0.3) is 10.8 Å². The van der Waals surface area contributed by atoms with Gasteiger partial charge < -0.3 is 15.7 Å². The quantitative estimate of drug-likeness (QED) is 0.405. The van der Waals surface area contributed by atoms with Crippen LogP contribution in [0.3, 0.4) is 0 Å². The Kier molecular flexibility index (Phi) is 6.65. The number of carboxylic acids is 1. The number of carbonyl (C=O) groups is 3. The second-order valence-electron chi connectivity index (χ2n) is 6.08. The number of carbonyl (C=O) groups excluding carboxylic acids is 2. The molecular formula is C22H18N2O4S. The molecule has 3 aromatic rings. The molecule has 2 amide bonds. The van der Waals surface area contributed by atoms with Gasteiger partial charge in [0.05, 0.1) is 5.75 Å². The van der Waals surface area contributed by atoms with Crippen molar-refractivity contribution in [3.05, 3.63) is 78.9 Å². The number of fused-ring (bicyclic) bond motifs is 1. The Morgan fingerprint density at radius 1 is 0.828 bits per heavy atom. The van der Waals surface area contributed by atoms with Crippen molar-refractivity contribution in [2.24, 2.45) is 0 Å². The second-order valence-corrected chi connectivity index (χ2v) is 7.13. The highest BCUT2D eigenvalue weighted by atomic mass is 32.2. The third-order valence-electron chi connectivity index (χ3n) is 3.90. The molecule has 0 aliphatic rings. The molecule has 0 spiro atoms. The van der Waals surface area contributed by atoms with E-state index in [2.05, 4.69) is 10.6 Å². The zero-order valence-electron chi connectivity index (χ0n) is 15.3.